The predicted molar refractivity (Wildman–Crippen MR) is 58.0 cm³/mol. The number of rotatable bonds is 7. The lowest BCUT2D eigenvalue weighted by Crippen LogP contribution is -2.19. The van der Waals surface area contributed by atoms with E-state index in [2.05, 4.69) is 0 Å². The fourth-order valence-electron chi connectivity index (χ4n) is 1.04. The van der Waals surface area contributed by atoms with Crippen LogP contribution in [0.1, 0.15) is 25.7 Å². The van der Waals surface area contributed by atoms with Gasteiger partial charge in [-0.3, -0.25) is 9.59 Å². The van der Waals surface area contributed by atoms with Crippen LogP contribution in [0.25, 0.3) is 0 Å². The van der Waals surface area contributed by atoms with Crippen LogP contribution in [-0.4, -0.2) is 50.3 Å². The average molecular weight is 232 g/mol. The summed E-state index contributed by atoms with van der Waals surface area (Å²) in [6, 6.07) is 0. The Labute approximate surface area is 96.0 Å². The molecule has 0 heterocycles. The molecule has 0 aromatic heterocycles. The van der Waals surface area contributed by atoms with Gasteiger partial charge in [0.15, 0.2) is 0 Å². The molecular weight excluding hydrogens is 212 g/mol. The molecule has 0 aliphatic rings. The van der Waals surface area contributed by atoms with Gasteiger partial charge < -0.3 is 9.68 Å². The first-order chi connectivity index (χ1) is 7.41. The second kappa shape index (κ2) is 8.06. The van der Waals surface area contributed by atoms with Gasteiger partial charge in [-0.1, -0.05) is 0 Å². The number of nitrogens with zero attached hydrogens (tertiary/aromatic N) is 2. The molecule has 0 aliphatic heterocycles. The van der Waals surface area contributed by atoms with E-state index in [9.17, 15) is 9.59 Å². The Morgan fingerprint density at radius 2 is 1.12 bits per heavy atom. The molecule has 0 radical (unpaired) electrons. The summed E-state index contributed by atoms with van der Waals surface area (Å²) in [6.07, 6.45) is 1.87. The summed E-state index contributed by atoms with van der Waals surface area (Å²) >= 11 is 0. The van der Waals surface area contributed by atoms with E-state index in [1.807, 2.05) is 0 Å². The molecule has 0 amide bonds. The van der Waals surface area contributed by atoms with E-state index in [0.29, 0.717) is 25.7 Å². The van der Waals surface area contributed by atoms with Gasteiger partial charge in [0.2, 0.25) is 0 Å². The van der Waals surface area contributed by atoms with E-state index < -0.39 is 0 Å². The lowest BCUT2D eigenvalue weighted by atomic mass is 10.2. The number of carbonyl (C=O) groups excluding carboxylic acids is 2. The van der Waals surface area contributed by atoms with Gasteiger partial charge in [-0.15, -0.1) is 10.1 Å². The van der Waals surface area contributed by atoms with Crippen molar-refractivity contribution in [3.63, 3.8) is 0 Å². The van der Waals surface area contributed by atoms with Crippen LogP contribution in [0.15, 0.2) is 0 Å². The van der Waals surface area contributed by atoms with Crippen molar-refractivity contribution < 1.29 is 19.3 Å². The lowest BCUT2D eigenvalue weighted by Gasteiger charge is -2.10. The van der Waals surface area contributed by atoms with Crippen molar-refractivity contribution in [2.45, 2.75) is 25.7 Å². The highest BCUT2D eigenvalue weighted by Gasteiger charge is 2.07. The van der Waals surface area contributed by atoms with E-state index in [1.165, 1.54) is 10.1 Å². The molecule has 0 saturated carbocycles. The zero-order valence-electron chi connectivity index (χ0n) is 10.4. The van der Waals surface area contributed by atoms with E-state index in [-0.39, 0.29) is 11.9 Å². The average Bonchev–Trinajstić information content (AvgIpc) is 2.10. The molecule has 94 valence electrons. The Bertz CT molecular complexity index is 205. The highest BCUT2D eigenvalue weighted by atomic mass is 16.7. The number of unbranched alkanes of at least 4 members (excludes halogenated alkanes) is 1. The highest BCUT2D eigenvalue weighted by Crippen LogP contribution is 2.03. The van der Waals surface area contributed by atoms with Crippen LogP contribution in [0.2, 0.25) is 0 Å². The molecule has 0 aliphatic carbocycles. The van der Waals surface area contributed by atoms with Gasteiger partial charge in [0, 0.05) is 41.0 Å². The quantitative estimate of drug-likeness (QED) is 0.473. The summed E-state index contributed by atoms with van der Waals surface area (Å²) in [6.45, 7) is 0. The summed E-state index contributed by atoms with van der Waals surface area (Å²) in [5.74, 6) is -0.572. The number of hydrogen-bond acceptors (Lipinski definition) is 6. The first-order valence-corrected chi connectivity index (χ1v) is 5.18. The topological polar surface area (TPSA) is 59.1 Å². The fraction of sp³-hybridized carbons (Fsp3) is 0.800. The summed E-state index contributed by atoms with van der Waals surface area (Å²) in [4.78, 5) is 31.8. The number of hydroxylamine groups is 4. The second-order valence-electron chi connectivity index (χ2n) is 3.76. The van der Waals surface area contributed by atoms with E-state index in [4.69, 9.17) is 9.68 Å². The molecular formula is C10H20N2O4. The molecule has 0 aromatic carbocycles. The van der Waals surface area contributed by atoms with Crippen molar-refractivity contribution in [2.75, 3.05) is 28.2 Å². The van der Waals surface area contributed by atoms with Gasteiger partial charge in [-0.05, 0) is 12.8 Å². The van der Waals surface area contributed by atoms with Gasteiger partial charge in [0.1, 0.15) is 0 Å². The summed E-state index contributed by atoms with van der Waals surface area (Å²) in [5, 5.41) is 2.70. The molecule has 0 unspecified atom stereocenters. The Hall–Kier alpha value is -1.14. The summed E-state index contributed by atoms with van der Waals surface area (Å²) in [7, 11) is 6.58. The Balaban J connectivity index is 3.46. The van der Waals surface area contributed by atoms with Crippen molar-refractivity contribution in [1.29, 1.82) is 0 Å². The standard InChI is InChI=1S/C10H20N2O4/c1-11(2)15-9(13)7-5-6-8-10(14)16-12(3)4/h5-8H2,1-4H3. The highest BCUT2D eigenvalue weighted by molar-refractivity contribution is 5.70. The minimum absolute atomic E-state index is 0.286. The summed E-state index contributed by atoms with van der Waals surface area (Å²) < 4.78 is 0. The zero-order valence-corrected chi connectivity index (χ0v) is 10.4. The molecule has 16 heavy (non-hydrogen) atoms. The zero-order chi connectivity index (χ0) is 12.6. The largest absolute Gasteiger partial charge is 0.369 e. The Morgan fingerprint density at radius 3 is 1.38 bits per heavy atom. The molecule has 0 N–H and O–H groups in total. The van der Waals surface area contributed by atoms with E-state index in [0.717, 1.165) is 0 Å². The first kappa shape index (κ1) is 14.9. The van der Waals surface area contributed by atoms with Crippen LogP contribution in [0.5, 0.6) is 0 Å². The van der Waals surface area contributed by atoms with E-state index in [1.54, 1.807) is 28.2 Å². The lowest BCUT2D eigenvalue weighted by molar-refractivity contribution is -0.180. The molecule has 6 heteroatoms. The van der Waals surface area contributed by atoms with Gasteiger partial charge in [0.25, 0.3) is 0 Å². The third kappa shape index (κ3) is 9.42. The predicted octanol–water partition coefficient (Wildman–Crippen LogP) is 0.586. The number of carbonyl (C=O) groups is 2. The van der Waals surface area contributed by atoms with Gasteiger partial charge in [-0.25, -0.2) is 0 Å². The van der Waals surface area contributed by atoms with Gasteiger partial charge >= 0.3 is 11.9 Å². The first-order valence-electron chi connectivity index (χ1n) is 5.18. The van der Waals surface area contributed by atoms with Crippen LogP contribution >= 0.6 is 0 Å². The van der Waals surface area contributed by atoms with Crippen LogP contribution in [-0.2, 0) is 19.3 Å². The minimum Gasteiger partial charge on any atom is -0.369 e. The van der Waals surface area contributed by atoms with E-state index >= 15 is 0 Å². The smallest absolute Gasteiger partial charge is 0.325 e. The molecule has 0 aromatic rings. The molecule has 0 rings (SSSR count). The molecule has 0 bridgehead atoms. The fourth-order valence-corrected chi connectivity index (χ4v) is 1.04. The second-order valence-corrected chi connectivity index (χ2v) is 3.76. The molecule has 6 nitrogen and oxygen atoms in total. The maximum absolute atomic E-state index is 11.1. The minimum atomic E-state index is -0.286. The summed E-state index contributed by atoms with van der Waals surface area (Å²) in [5.41, 5.74) is 0. The van der Waals surface area contributed by atoms with Crippen LogP contribution in [0.3, 0.4) is 0 Å². The number of hydrogen-bond donors (Lipinski definition) is 0. The van der Waals surface area contributed by atoms with Crippen molar-refractivity contribution >= 4 is 11.9 Å². The van der Waals surface area contributed by atoms with Gasteiger partial charge in [-0.2, -0.15) is 0 Å². The third-order valence-electron chi connectivity index (χ3n) is 1.58. The molecule has 0 fully saturated rings. The van der Waals surface area contributed by atoms with Crippen molar-refractivity contribution in [3.8, 4) is 0 Å². The van der Waals surface area contributed by atoms with Crippen LogP contribution in [0, 0.1) is 0 Å². The third-order valence-corrected chi connectivity index (χ3v) is 1.58. The Kier molecular flexibility index (Phi) is 7.49. The van der Waals surface area contributed by atoms with Crippen molar-refractivity contribution in [3.05, 3.63) is 0 Å². The molecule has 0 atom stereocenters. The van der Waals surface area contributed by atoms with Crippen LogP contribution < -0.4 is 0 Å². The maximum atomic E-state index is 11.1. The van der Waals surface area contributed by atoms with Crippen molar-refractivity contribution in [2.24, 2.45) is 0 Å². The SMILES string of the molecule is CN(C)OC(=O)CCCCC(=O)ON(C)C. The monoisotopic (exact) mass is 232 g/mol. The molecule has 0 spiro atoms. The normalized spacial score (nSPS) is 10.6. The van der Waals surface area contributed by atoms with Crippen LogP contribution in [0.4, 0.5) is 0 Å². The Morgan fingerprint density at radius 1 is 0.812 bits per heavy atom. The maximum Gasteiger partial charge on any atom is 0.325 e. The van der Waals surface area contributed by atoms with Crippen molar-refractivity contribution in [1.82, 2.24) is 10.1 Å². The molecule has 0 saturated heterocycles. The van der Waals surface area contributed by atoms with Gasteiger partial charge in [0.05, 0.1) is 0 Å².